The van der Waals surface area contributed by atoms with Crippen LogP contribution < -0.4 is 10.2 Å². The second-order valence-corrected chi connectivity index (χ2v) is 6.87. The molecule has 0 unspecified atom stereocenters. The molecule has 0 aromatic heterocycles. The maximum atomic E-state index is 3.49. The average molecular weight is 278 g/mol. The second kappa shape index (κ2) is 7.81. The number of hydrogen-bond donors (Lipinski definition) is 1. The smallest absolute Gasteiger partial charge is 0.0366 e. The molecule has 3 heteroatoms. The minimum Gasteiger partial charge on any atom is -0.371 e. The Morgan fingerprint density at radius 1 is 1.16 bits per heavy atom. The van der Waals surface area contributed by atoms with Crippen molar-refractivity contribution < 1.29 is 0 Å². The van der Waals surface area contributed by atoms with E-state index < -0.39 is 0 Å². The Morgan fingerprint density at radius 2 is 1.95 bits per heavy atom. The summed E-state index contributed by atoms with van der Waals surface area (Å²) >= 11 is 2.08. The van der Waals surface area contributed by atoms with Gasteiger partial charge in [0.05, 0.1) is 0 Å². The lowest BCUT2D eigenvalue weighted by Gasteiger charge is -2.22. The molecule has 0 amide bonds. The summed E-state index contributed by atoms with van der Waals surface area (Å²) in [4.78, 5) is 2.52. The molecule has 0 atom stereocenters. The zero-order valence-corrected chi connectivity index (χ0v) is 13.0. The van der Waals surface area contributed by atoms with E-state index >= 15 is 0 Å². The molecule has 1 aromatic carbocycles. The van der Waals surface area contributed by atoms with Crippen LogP contribution in [0.3, 0.4) is 0 Å². The molecule has 1 heterocycles. The third-order valence-corrected chi connectivity index (χ3v) is 4.45. The van der Waals surface area contributed by atoms with Crippen molar-refractivity contribution in [3.8, 4) is 0 Å². The maximum Gasteiger partial charge on any atom is 0.0366 e. The van der Waals surface area contributed by atoms with Gasteiger partial charge in [-0.2, -0.15) is 11.8 Å². The predicted octanol–water partition coefficient (Wildman–Crippen LogP) is 3.38. The van der Waals surface area contributed by atoms with Crippen LogP contribution in [0.4, 0.5) is 5.69 Å². The van der Waals surface area contributed by atoms with Crippen LogP contribution in [0.5, 0.6) is 0 Å². The van der Waals surface area contributed by atoms with Gasteiger partial charge >= 0.3 is 0 Å². The minimum absolute atomic E-state index is 0.717. The number of thioether (sulfide) groups is 1. The maximum absolute atomic E-state index is 3.49. The van der Waals surface area contributed by atoms with E-state index in [2.05, 4.69) is 60.1 Å². The summed E-state index contributed by atoms with van der Waals surface area (Å²) in [5.74, 6) is 3.29. The minimum atomic E-state index is 0.717. The molecule has 0 spiro atoms. The van der Waals surface area contributed by atoms with Crippen LogP contribution >= 0.6 is 11.8 Å². The molecule has 0 bridgehead atoms. The van der Waals surface area contributed by atoms with E-state index in [0.717, 1.165) is 13.1 Å². The van der Waals surface area contributed by atoms with E-state index in [9.17, 15) is 0 Å². The number of nitrogens with one attached hydrogen (secondary N) is 1. The highest BCUT2D eigenvalue weighted by Crippen LogP contribution is 2.19. The Morgan fingerprint density at radius 3 is 2.68 bits per heavy atom. The molecule has 106 valence electrons. The molecular formula is C16H26N2S. The third-order valence-electron chi connectivity index (χ3n) is 3.41. The van der Waals surface area contributed by atoms with Crippen molar-refractivity contribution in [1.82, 2.24) is 5.32 Å². The van der Waals surface area contributed by atoms with Gasteiger partial charge in [0.2, 0.25) is 0 Å². The van der Waals surface area contributed by atoms with Crippen LogP contribution in [0, 0.1) is 5.92 Å². The van der Waals surface area contributed by atoms with Crippen LogP contribution in [0.1, 0.15) is 25.8 Å². The molecule has 2 rings (SSSR count). The summed E-state index contributed by atoms with van der Waals surface area (Å²) < 4.78 is 0. The van der Waals surface area contributed by atoms with Crippen molar-refractivity contribution in [1.29, 1.82) is 0 Å². The van der Waals surface area contributed by atoms with E-state index in [4.69, 9.17) is 0 Å². The zero-order chi connectivity index (χ0) is 13.5. The fourth-order valence-electron chi connectivity index (χ4n) is 2.33. The Balaban J connectivity index is 1.86. The highest BCUT2D eigenvalue weighted by Gasteiger charge is 2.09. The number of anilines is 1. The first-order chi connectivity index (χ1) is 9.25. The summed E-state index contributed by atoms with van der Waals surface area (Å²) in [6.45, 7) is 8.95. The molecule has 1 N–H and O–H groups in total. The monoisotopic (exact) mass is 278 g/mol. The van der Waals surface area contributed by atoms with Crippen LogP contribution in [-0.4, -0.2) is 31.1 Å². The lowest BCUT2D eigenvalue weighted by atomic mass is 10.1. The van der Waals surface area contributed by atoms with Gasteiger partial charge in [0.25, 0.3) is 0 Å². The van der Waals surface area contributed by atoms with Gasteiger partial charge in [0.1, 0.15) is 0 Å². The van der Waals surface area contributed by atoms with E-state index in [1.807, 2.05) is 0 Å². The molecule has 1 saturated heterocycles. The molecule has 19 heavy (non-hydrogen) atoms. The van der Waals surface area contributed by atoms with Crippen LogP contribution in [0.15, 0.2) is 24.3 Å². The molecule has 0 saturated carbocycles. The van der Waals surface area contributed by atoms with E-state index in [-0.39, 0.29) is 0 Å². The largest absolute Gasteiger partial charge is 0.371 e. The van der Waals surface area contributed by atoms with Crippen molar-refractivity contribution in [2.75, 3.05) is 36.0 Å². The summed E-state index contributed by atoms with van der Waals surface area (Å²) in [5, 5.41) is 3.49. The highest BCUT2D eigenvalue weighted by atomic mass is 32.2. The zero-order valence-electron chi connectivity index (χ0n) is 12.2. The van der Waals surface area contributed by atoms with Crippen LogP contribution in [0.2, 0.25) is 0 Å². The van der Waals surface area contributed by atoms with E-state index in [1.165, 1.54) is 42.3 Å². The van der Waals surface area contributed by atoms with Gasteiger partial charge in [-0.15, -0.1) is 0 Å². The first-order valence-electron chi connectivity index (χ1n) is 7.38. The number of rotatable bonds is 5. The Kier molecular flexibility index (Phi) is 6.05. The quantitative estimate of drug-likeness (QED) is 0.889. The molecule has 1 aliphatic rings. The highest BCUT2D eigenvalue weighted by molar-refractivity contribution is 7.99. The first kappa shape index (κ1) is 14.7. The number of nitrogens with zero attached hydrogens (tertiary/aromatic N) is 1. The molecule has 0 radical (unpaired) electrons. The second-order valence-electron chi connectivity index (χ2n) is 5.64. The third kappa shape index (κ3) is 5.07. The average Bonchev–Trinajstić information content (AvgIpc) is 2.68. The van der Waals surface area contributed by atoms with Gasteiger partial charge in [-0.3, -0.25) is 0 Å². The summed E-state index contributed by atoms with van der Waals surface area (Å²) in [5.41, 5.74) is 2.77. The molecular weight excluding hydrogens is 252 g/mol. The molecule has 2 nitrogen and oxygen atoms in total. The first-order valence-corrected chi connectivity index (χ1v) is 8.53. The normalized spacial score (nSPS) is 16.7. The van der Waals surface area contributed by atoms with Crippen molar-refractivity contribution in [3.05, 3.63) is 29.8 Å². The molecule has 1 fully saturated rings. The molecule has 1 aliphatic heterocycles. The van der Waals surface area contributed by atoms with E-state index in [0.29, 0.717) is 5.92 Å². The Labute approximate surface area is 122 Å². The Bertz CT molecular complexity index is 354. The van der Waals surface area contributed by atoms with Crippen LogP contribution in [0.25, 0.3) is 0 Å². The fourth-order valence-corrected chi connectivity index (χ4v) is 3.22. The molecule has 1 aromatic rings. The fraction of sp³-hybridized carbons (Fsp3) is 0.625. The predicted molar refractivity (Wildman–Crippen MR) is 87.1 cm³/mol. The lowest BCUT2D eigenvalue weighted by Crippen LogP contribution is -2.25. The van der Waals surface area contributed by atoms with Gasteiger partial charge < -0.3 is 10.2 Å². The topological polar surface area (TPSA) is 15.3 Å². The van der Waals surface area contributed by atoms with Gasteiger partial charge in [-0.25, -0.2) is 0 Å². The Hall–Kier alpha value is -0.670. The van der Waals surface area contributed by atoms with Gasteiger partial charge in [-0.1, -0.05) is 26.0 Å². The van der Waals surface area contributed by atoms with Crippen molar-refractivity contribution >= 4 is 17.4 Å². The van der Waals surface area contributed by atoms with Crippen LogP contribution in [-0.2, 0) is 6.54 Å². The lowest BCUT2D eigenvalue weighted by molar-refractivity contribution is 0.552. The van der Waals surface area contributed by atoms with Gasteiger partial charge in [0, 0.05) is 31.1 Å². The standard InChI is InChI=1S/C16H26N2S/c1-14(2)12-17-13-15-4-6-16(7-5-15)18-8-3-10-19-11-9-18/h4-7,14,17H,3,8-13H2,1-2H3. The van der Waals surface area contributed by atoms with Gasteiger partial charge in [0.15, 0.2) is 0 Å². The number of benzene rings is 1. The van der Waals surface area contributed by atoms with E-state index in [1.54, 1.807) is 0 Å². The molecule has 0 aliphatic carbocycles. The summed E-state index contributed by atoms with van der Waals surface area (Å²) in [7, 11) is 0. The SMILES string of the molecule is CC(C)CNCc1ccc(N2CCCSCC2)cc1. The number of hydrogen-bond acceptors (Lipinski definition) is 3. The van der Waals surface area contributed by atoms with Crippen molar-refractivity contribution in [3.63, 3.8) is 0 Å². The van der Waals surface area contributed by atoms with Crippen molar-refractivity contribution in [2.24, 2.45) is 5.92 Å². The summed E-state index contributed by atoms with van der Waals surface area (Å²) in [6, 6.07) is 9.09. The van der Waals surface area contributed by atoms with Gasteiger partial charge in [-0.05, 0) is 42.3 Å². The van der Waals surface area contributed by atoms with Crippen molar-refractivity contribution in [2.45, 2.75) is 26.8 Å². The summed E-state index contributed by atoms with van der Waals surface area (Å²) in [6.07, 6.45) is 1.31.